The van der Waals surface area contributed by atoms with Crippen LogP contribution in [0.3, 0.4) is 0 Å². The van der Waals surface area contributed by atoms with Crippen LogP contribution in [0, 0.1) is 5.92 Å². The lowest BCUT2D eigenvalue weighted by atomic mass is 9.98. The van der Waals surface area contributed by atoms with Crippen LogP contribution in [-0.2, 0) is 10.0 Å². The number of hydrogen-bond acceptors (Lipinski definition) is 5. The number of guanidine groups is 1. The Bertz CT molecular complexity index is 773. The molecule has 2 rings (SSSR count). The topological polar surface area (TPSA) is 103 Å². The summed E-state index contributed by atoms with van der Waals surface area (Å²) in [6.07, 6.45) is 2.32. The first-order valence-electron chi connectivity index (χ1n) is 10.6. The van der Waals surface area contributed by atoms with Crippen LogP contribution >= 0.6 is 0 Å². The van der Waals surface area contributed by atoms with Crippen molar-refractivity contribution in [3.8, 4) is 5.75 Å². The summed E-state index contributed by atoms with van der Waals surface area (Å²) in [6.45, 7) is 8.75. The van der Waals surface area contributed by atoms with E-state index in [9.17, 15) is 13.5 Å². The van der Waals surface area contributed by atoms with E-state index in [1.165, 1.54) is 10.6 Å². The van der Waals surface area contributed by atoms with Crippen LogP contribution in [-0.4, -0.2) is 68.9 Å². The van der Waals surface area contributed by atoms with Crippen LogP contribution in [0.5, 0.6) is 5.75 Å². The highest BCUT2D eigenvalue weighted by Crippen LogP contribution is 2.20. The van der Waals surface area contributed by atoms with Crippen LogP contribution < -0.4 is 15.4 Å². The Balaban J connectivity index is 1.85. The zero-order valence-corrected chi connectivity index (χ0v) is 19.3. The summed E-state index contributed by atoms with van der Waals surface area (Å²) >= 11 is 0. The molecule has 0 radical (unpaired) electrons. The molecule has 1 aliphatic rings. The van der Waals surface area contributed by atoms with Crippen molar-refractivity contribution in [3.63, 3.8) is 0 Å². The first-order valence-corrected chi connectivity index (χ1v) is 12.5. The van der Waals surface area contributed by atoms with E-state index in [0.717, 1.165) is 37.2 Å². The van der Waals surface area contributed by atoms with Crippen molar-refractivity contribution in [3.05, 3.63) is 29.8 Å². The molecule has 8 nitrogen and oxygen atoms in total. The van der Waals surface area contributed by atoms with Gasteiger partial charge in [-0.25, -0.2) is 12.7 Å². The summed E-state index contributed by atoms with van der Waals surface area (Å²) in [7, 11) is -3.10. The van der Waals surface area contributed by atoms with Crippen LogP contribution in [0.15, 0.2) is 29.3 Å². The minimum Gasteiger partial charge on any atom is -0.491 e. The third-order valence-corrected chi connectivity index (χ3v) is 6.31. The number of piperidine rings is 1. The number of rotatable bonds is 9. The summed E-state index contributed by atoms with van der Waals surface area (Å²) in [4.78, 5) is 4.51. The summed E-state index contributed by atoms with van der Waals surface area (Å²) < 4.78 is 30.4. The van der Waals surface area contributed by atoms with Gasteiger partial charge in [0.25, 0.3) is 0 Å². The summed E-state index contributed by atoms with van der Waals surface area (Å²) in [6, 6.07) is 7.42. The van der Waals surface area contributed by atoms with Crippen LogP contribution in [0.1, 0.15) is 45.3 Å². The van der Waals surface area contributed by atoms with Crippen molar-refractivity contribution < 1.29 is 18.3 Å². The van der Waals surface area contributed by atoms with E-state index < -0.39 is 16.1 Å². The Morgan fingerprint density at radius 1 is 1.23 bits per heavy atom. The van der Waals surface area contributed by atoms with Gasteiger partial charge in [0.15, 0.2) is 5.96 Å². The molecule has 1 aromatic rings. The van der Waals surface area contributed by atoms with Gasteiger partial charge in [-0.05, 0) is 57.2 Å². The highest BCUT2D eigenvalue weighted by atomic mass is 32.2. The number of ether oxygens (including phenoxy) is 1. The molecule has 0 aliphatic carbocycles. The third-order valence-electron chi connectivity index (χ3n) is 5.00. The van der Waals surface area contributed by atoms with E-state index in [1.54, 1.807) is 0 Å². The lowest BCUT2D eigenvalue weighted by Crippen LogP contribution is -2.44. The van der Waals surface area contributed by atoms with E-state index >= 15 is 0 Å². The normalized spacial score (nSPS) is 17.7. The van der Waals surface area contributed by atoms with Gasteiger partial charge in [-0.2, -0.15) is 0 Å². The molecule has 0 aromatic heterocycles. The lowest BCUT2D eigenvalue weighted by molar-refractivity contribution is 0.186. The van der Waals surface area contributed by atoms with E-state index in [1.807, 2.05) is 45.0 Å². The maximum absolute atomic E-state index is 11.6. The predicted molar refractivity (Wildman–Crippen MR) is 120 cm³/mol. The molecule has 1 fully saturated rings. The zero-order valence-electron chi connectivity index (χ0n) is 18.5. The molecule has 0 spiro atoms. The van der Waals surface area contributed by atoms with Crippen molar-refractivity contribution in [2.45, 2.75) is 45.8 Å². The molecule has 30 heavy (non-hydrogen) atoms. The van der Waals surface area contributed by atoms with E-state index in [-0.39, 0.29) is 12.6 Å². The highest BCUT2D eigenvalue weighted by molar-refractivity contribution is 7.88. The maximum Gasteiger partial charge on any atom is 0.211 e. The average Bonchev–Trinajstić information content (AvgIpc) is 2.69. The number of aliphatic hydroxyl groups excluding tert-OH is 1. The number of nitrogens with zero attached hydrogens (tertiary/aromatic N) is 2. The van der Waals surface area contributed by atoms with Gasteiger partial charge in [0.05, 0.1) is 25.0 Å². The molecular weight excluding hydrogens is 404 g/mol. The van der Waals surface area contributed by atoms with Gasteiger partial charge in [-0.1, -0.05) is 12.1 Å². The smallest absolute Gasteiger partial charge is 0.211 e. The van der Waals surface area contributed by atoms with Crippen molar-refractivity contribution in [1.82, 2.24) is 14.9 Å². The monoisotopic (exact) mass is 440 g/mol. The van der Waals surface area contributed by atoms with Gasteiger partial charge >= 0.3 is 0 Å². The fourth-order valence-corrected chi connectivity index (χ4v) is 4.23. The number of hydrogen-bond donors (Lipinski definition) is 3. The van der Waals surface area contributed by atoms with E-state index in [0.29, 0.717) is 25.0 Å². The molecule has 9 heteroatoms. The molecule has 1 atom stereocenters. The van der Waals surface area contributed by atoms with Crippen molar-refractivity contribution >= 4 is 16.0 Å². The van der Waals surface area contributed by atoms with Gasteiger partial charge in [-0.15, -0.1) is 0 Å². The van der Waals surface area contributed by atoms with Crippen LogP contribution in [0.4, 0.5) is 0 Å². The maximum atomic E-state index is 11.6. The van der Waals surface area contributed by atoms with Gasteiger partial charge in [0.1, 0.15) is 5.75 Å². The average molecular weight is 441 g/mol. The predicted octanol–water partition coefficient (Wildman–Crippen LogP) is 1.73. The Labute approximate surface area is 180 Å². The molecule has 3 N–H and O–H groups in total. The molecule has 1 aromatic carbocycles. The van der Waals surface area contributed by atoms with Gasteiger partial charge in [0.2, 0.25) is 10.0 Å². The summed E-state index contributed by atoms with van der Waals surface area (Å²) in [5, 5.41) is 17.0. The Morgan fingerprint density at radius 2 is 1.87 bits per heavy atom. The second-order valence-corrected chi connectivity index (χ2v) is 9.94. The quantitative estimate of drug-likeness (QED) is 0.399. The molecule has 1 aliphatic heterocycles. The number of sulfonamides is 1. The third kappa shape index (κ3) is 8.12. The molecule has 1 saturated heterocycles. The number of aliphatic hydroxyl groups is 1. The molecule has 1 unspecified atom stereocenters. The molecule has 1 heterocycles. The van der Waals surface area contributed by atoms with Gasteiger partial charge < -0.3 is 20.5 Å². The number of aliphatic imine (C=N–C) groups is 1. The standard InChI is InChI=1S/C21H36N4O4S/c1-5-22-21(23-14-17-10-12-25(13-11-17)30(4,27)28)24-15-20(26)18-6-8-19(9-7-18)29-16(2)3/h6-9,16-17,20,26H,5,10-15H2,1-4H3,(H2,22,23,24). The largest absolute Gasteiger partial charge is 0.491 e. The first kappa shape index (κ1) is 24.4. The van der Waals surface area contributed by atoms with Gasteiger partial charge in [0, 0.05) is 26.2 Å². The minimum absolute atomic E-state index is 0.109. The highest BCUT2D eigenvalue weighted by Gasteiger charge is 2.24. The lowest BCUT2D eigenvalue weighted by Gasteiger charge is -2.30. The first-order chi connectivity index (χ1) is 14.2. The summed E-state index contributed by atoms with van der Waals surface area (Å²) in [5.74, 6) is 1.83. The second-order valence-electron chi connectivity index (χ2n) is 7.96. The van der Waals surface area contributed by atoms with Crippen LogP contribution in [0.2, 0.25) is 0 Å². The molecule has 170 valence electrons. The van der Waals surface area contributed by atoms with Crippen LogP contribution in [0.25, 0.3) is 0 Å². The second kappa shape index (κ2) is 11.5. The number of nitrogens with one attached hydrogen (secondary N) is 2. The Kier molecular flexibility index (Phi) is 9.38. The minimum atomic E-state index is -3.10. The van der Waals surface area contributed by atoms with Crippen molar-refractivity contribution in [1.29, 1.82) is 0 Å². The molecule has 0 saturated carbocycles. The fraction of sp³-hybridized carbons (Fsp3) is 0.667. The SMILES string of the molecule is CCNC(=NCC(O)c1ccc(OC(C)C)cc1)NCC1CCN(S(C)(=O)=O)CC1. The van der Waals surface area contributed by atoms with Gasteiger partial charge in [-0.3, -0.25) is 4.99 Å². The zero-order chi connectivity index (χ0) is 22.1. The van der Waals surface area contributed by atoms with Crippen molar-refractivity contribution in [2.75, 3.05) is 39.0 Å². The molecule has 0 amide bonds. The molecular formula is C21H36N4O4S. The molecule has 0 bridgehead atoms. The number of benzene rings is 1. The Hall–Kier alpha value is -1.84. The Morgan fingerprint density at radius 3 is 2.40 bits per heavy atom. The summed E-state index contributed by atoms with van der Waals surface area (Å²) in [5.41, 5.74) is 0.791. The van der Waals surface area contributed by atoms with E-state index in [4.69, 9.17) is 4.74 Å². The van der Waals surface area contributed by atoms with Crippen molar-refractivity contribution in [2.24, 2.45) is 10.9 Å². The fourth-order valence-electron chi connectivity index (χ4n) is 3.35. The van der Waals surface area contributed by atoms with E-state index in [2.05, 4.69) is 15.6 Å².